The van der Waals surface area contributed by atoms with Gasteiger partial charge in [0.25, 0.3) is 0 Å². The van der Waals surface area contributed by atoms with E-state index in [1.165, 1.54) is 30.7 Å². The molecule has 5 fully saturated rings. The van der Waals surface area contributed by atoms with Crippen LogP contribution in [0.15, 0.2) is 48.7 Å². The number of aromatic nitrogens is 2. The van der Waals surface area contributed by atoms with E-state index >= 15 is 4.39 Å². The third kappa shape index (κ3) is 8.51. The lowest BCUT2D eigenvalue weighted by atomic mass is 9.84. The molecule has 2 aliphatic carbocycles. The average Bonchev–Trinajstić information content (AvgIpc) is 4.04. The number of nitrogens with zero attached hydrogens (tertiary/aromatic N) is 5. The van der Waals surface area contributed by atoms with E-state index in [1.807, 2.05) is 18.2 Å². The van der Waals surface area contributed by atoms with E-state index in [2.05, 4.69) is 46.7 Å². The molecule has 4 heterocycles. The van der Waals surface area contributed by atoms with Crippen molar-refractivity contribution in [3.63, 3.8) is 0 Å². The minimum atomic E-state index is -0.551. The summed E-state index contributed by atoms with van der Waals surface area (Å²) in [4.78, 5) is 52.4. The topological polar surface area (TPSA) is 123 Å². The third-order valence-corrected chi connectivity index (χ3v) is 12.0. The SMILES string of the molecule is O=C1CCC(Nc2ccc(N3CCN(CC4CCN(C(=O)[C@H]5CC[C@H](Nc6ncc(F)c(-c7cccc(C8CC8)c7)n6)CC5)CC4)CC3)c(F)c2)C(=O)N1. The number of amides is 3. The van der Waals surface area contributed by atoms with E-state index in [9.17, 15) is 18.8 Å². The molecular weight excluding hydrogens is 690 g/mol. The van der Waals surface area contributed by atoms with E-state index in [1.54, 1.807) is 12.1 Å². The van der Waals surface area contributed by atoms with Gasteiger partial charge in [0.05, 0.1) is 11.9 Å². The number of likely N-dealkylation sites (tertiary alicyclic amines) is 1. The molecule has 3 aliphatic heterocycles. The maximum absolute atomic E-state index is 15.2. The van der Waals surface area contributed by atoms with Crippen molar-refractivity contribution in [2.75, 3.05) is 61.3 Å². The lowest BCUT2D eigenvalue weighted by Crippen LogP contribution is -2.50. The van der Waals surface area contributed by atoms with Crippen LogP contribution in [0.25, 0.3) is 11.3 Å². The first-order valence-electron chi connectivity index (χ1n) is 19.8. The molecule has 2 saturated carbocycles. The molecule has 0 spiro atoms. The average molecular weight is 741 g/mol. The summed E-state index contributed by atoms with van der Waals surface area (Å²) < 4.78 is 29.9. The van der Waals surface area contributed by atoms with Gasteiger partial charge in [0.15, 0.2) is 5.82 Å². The Morgan fingerprint density at radius 3 is 2.33 bits per heavy atom. The summed E-state index contributed by atoms with van der Waals surface area (Å²) in [6.07, 6.45) is 9.59. The van der Waals surface area contributed by atoms with Crippen molar-refractivity contribution in [2.24, 2.45) is 11.8 Å². The summed E-state index contributed by atoms with van der Waals surface area (Å²) in [5.74, 6) is 0.445. The predicted octanol–water partition coefficient (Wildman–Crippen LogP) is 5.55. The molecule has 8 rings (SSSR count). The van der Waals surface area contributed by atoms with Gasteiger partial charge < -0.3 is 20.4 Å². The summed E-state index contributed by atoms with van der Waals surface area (Å²) in [7, 11) is 0. The fourth-order valence-corrected chi connectivity index (χ4v) is 8.68. The smallest absolute Gasteiger partial charge is 0.249 e. The number of rotatable bonds is 10. The Morgan fingerprint density at radius 1 is 0.833 bits per heavy atom. The van der Waals surface area contributed by atoms with Gasteiger partial charge in [-0.1, -0.05) is 18.2 Å². The number of nitrogens with one attached hydrogen (secondary N) is 3. The molecule has 1 atom stereocenters. The molecule has 3 N–H and O–H groups in total. The van der Waals surface area contributed by atoms with Gasteiger partial charge >= 0.3 is 0 Å². The number of carbonyl (C=O) groups is 3. The number of imide groups is 1. The van der Waals surface area contributed by atoms with E-state index in [4.69, 9.17) is 0 Å². The number of halogens is 2. The summed E-state index contributed by atoms with van der Waals surface area (Å²) in [6.45, 7) is 5.74. The summed E-state index contributed by atoms with van der Waals surface area (Å²) >= 11 is 0. The van der Waals surface area contributed by atoms with Crippen LogP contribution < -0.4 is 20.9 Å². The van der Waals surface area contributed by atoms with Crippen molar-refractivity contribution in [2.45, 2.75) is 82.2 Å². The van der Waals surface area contributed by atoms with Crippen LogP contribution in [0.3, 0.4) is 0 Å². The number of carbonyl (C=O) groups excluding carboxylic acids is 3. The molecule has 1 unspecified atom stereocenters. The fourth-order valence-electron chi connectivity index (χ4n) is 8.68. The zero-order valence-electron chi connectivity index (χ0n) is 30.7. The second kappa shape index (κ2) is 16.0. The zero-order chi connectivity index (χ0) is 37.2. The molecule has 2 aromatic carbocycles. The van der Waals surface area contributed by atoms with Crippen LogP contribution in [-0.2, 0) is 14.4 Å². The Labute approximate surface area is 315 Å². The van der Waals surface area contributed by atoms with Crippen LogP contribution in [0.5, 0.6) is 0 Å². The lowest BCUT2D eigenvalue weighted by molar-refractivity contribution is -0.138. The first-order chi connectivity index (χ1) is 26.3. The number of benzene rings is 2. The van der Waals surface area contributed by atoms with Gasteiger partial charge in [-0.15, -0.1) is 0 Å². The number of piperazine rings is 1. The first kappa shape index (κ1) is 36.3. The fraction of sp³-hybridized carbons (Fsp3) is 0.537. The Hall–Kier alpha value is -4.65. The quantitative estimate of drug-likeness (QED) is 0.230. The minimum Gasteiger partial charge on any atom is -0.374 e. The molecular formula is C41H50F2N8O3. The molecule has 11 nitrogen and oxygen atoms in total. The van der Waals surface area contributed by atoms with Crippen molar-refractivity contribution >= 4 is 35.0 Å². The minimum absolute atomic E-state index is 0.0326. The molecule has 54 heavy (non-hydrogen) atoms. The second-order valence-corrected chi connectivity index (χ2v) is 15.9. The zero-order valence-corrected chi connectivity index (χ0v) is 30.7. The van der Waals surface area contributed by atoms with Crippen molar-refractivity contribution in [3.05, 3.63) is 65.9 Å². The van der Waals surface area contributed by atoms with Gasteiger partial charge in [-0.2, -0.15) is 0 Å². The highest BCUT2D eigenvalue weighted by atomic mass is 19.1. The van der Waals surface area contributed by atoms with Crippen LogP contribution >= 0.6 is 0 Å². The highest BCUT2D eigenvalue weighted by molar-refractivity contribution is 6.01. The van der Waals surface area contributed by atoms with Crippen LogP contribution in [0, 0.1) is 23.5 Å². The van der Waals surface area contributed by atoms with Gasteiger partial charge in [-0.3, -0.25) is 24.6 Å². The van der Waals surface area contributed by atoms with E-state index < -0.39 is 11.9 Å². The Bertz CT molecular complexity index is 1850. The van der Waals surface area contributed by atoms with Gasteiger partial charge in [0, 0.05) is 75.4 Å². The molecule has 0 bridgehead atoms. The summed E-state index contributed by atoms with van der Waals surface area (Å²) in [6, 6.07) is 12.6. The van der Waals surface area contributed by atoms with Crippen molar-refractivity contribution in [1.82, 2.24) is 25.1 Å². The molecule has 0 radical (unpaired) electrons. The van der Waals surface area contributed by atoms with Gasteiger partial charge in [0.2, 0.25) is 23.7 Å². The van der Waals surface area contributed by atoms with Crippen LogP contribution in [0.1, 0.15) is 75.7 Å². The normalized spacial score (nSPS) is 24.3. The molecule has 3 amide bonds. The predicted molar refractivity (Wildman–Crippen MR) is 203 cm³/mol. The molecule has 3 saturated heterocycles. The maximum atomic E-state index is 15.2. The summed E-state index contributed by atoms with van der Waals surface area (Å²) in [5.41, 5.74) is 3.43. The van der Waals surface area contributed by atoms with Gasteiger partial charge in [-0.25, -0.2) is 18.7 Å². The Kier molecular flexibility index (Phi) is 10.8. The van der Waals surface area contributed by atoms with E-state index in [-0.39, 0.29) is 41.9 Å². The molecule has 3 aromatic rings. The highest BCUT2D eigenvalue weighted by Gasteiger charge is 2.33. The first-order valence-corrected chi connectivity index (χ1v) is 19.8. The highest BCUT2D eigenvalue weighted by Crippen LogP contribution is 2.41. The number of hydrogen-bond donors (Lipinski definition) is 3. The van der Waals surface area contributed by atoms with Gasteiger partial charge in [0.1, 0.15) is 17.6 Å². The number of anilines is 3. The van der Waals surface area contributed by atoms with E-state index in [0.29, 0.717) is 41.3 Å². The van der Waals surface area contributed by atoms with E-state index in [0.717, 1.165) is 89.9 Å². The largest absolute Gasteiger partial charge is 0.374 e. The van der Waals surface area contributed by atoms with Crippen LogP contribution in [0.4, 0.5) is 26.1 Å². The number of piperidine rings is 2. The van der Waals surface area contributed by atoms with Crippen molar-refractivity contribution in [1.29, 1.82) is 0 Å². The van der Waals surface area contributed by atoms with Crippen LogP contribution in [0.2, 0.25) is 0 Å². The van der Waals surface area contributed by atoms with Gasteiger partial charge in [-0.05, 0) is 99.5 Å². The van der Waals surface area contributed by atoms with Crippen molar-refractivity contribution < 1.29 is 23.2 Å². The molecule has 13 heteroatoms. The standard InChI is InChI=1S/C41H50F2N8O3/c42-33-23-32(45-35-11-13-37(52)47-39(35)53)10-12-36(33)50-20-18-49(19-21-50)25-26-14-16-51(17-15-26)40(54)28-6-8-31(9-7-28)46-41-44-24-34(43)38(48-41)30-3-1-2-29(22-30)27-4-5-27/h1-3,10,12,22-24,26-28,31,35,45H,4-9,11,13-21,25H2,(H,44,46,48)(H,47,52,53)/t28-,31-,35?. The maximum Gasteiger partial charge on any atom is 0.249 e. The van der Waals surface area contributed by atoms with Crippen LogP contribution in [-0.4, -0.2) is 95.4 Å². The summed E-state index contributed by atoms with van der Waals surface area (Å²) in [5, 5.41) is 8.80. The Morgan fingerprint density at radius 2 is 1.61 bits per heavy atom. The molecule has 1 aromatic heterocycles. The lowest BCUT2D eigenvalue weighted by Gasteiger charge is -2.40. The second-order valence-electron chi connectivity index (χ2n) is 15.9. The monoisotopic (exact) mass is 740 g/mol. The molecule has 5 aliphatic rings. The molecule has 286 valence electrons. The van der Waals surface area contributed by atoms with Crippen molar-refractivity contribution in [3.8, 4) is 11.3 Å². The number of hydrogen-bond acceptors (Lipinski definition) is 9. The Balaban J connectivity index is 0.749. The third-order valence-electron chi connectivity index (χ3n) is 12.0.